The molecular weight excluding hydrogens is 541 g/mol. The molecule has 0 spiro atoms. The van der Waals surface area contributed by atoms with Gasteiger partial charge in [-0.25, -0.2) is 4.79 Å². The molecule has 222 valence electrons. The lowest BCUT2D eigenvalue weighted by atomic mass is 9.92. The number of aromatic nitrogens is 1. The monoisotopic (exact) mass is 576 g/mol. The summed E-state index contributed by atoms with van der Waals surface area (Å²) < 4.78 is 46.2. The number of amides is 2. The Morgan fingerprint density at radius 2 is 1.68 bits per heavy atom. The van der Waals surface area contributed by atoms with E-state index in [0.29, 0.717) is 63.7 Å². The third-order valence-corrected chi connectivity index (χ3v) is 8.16. The summed E-state index contributed by atoms with van der Waals surface area (Å²) in [6, 6.07) is 5.23. The second kappa shape index (κ2) is 12.4. The lowest BCUT2D eigenvalue weighted by Gasteiger charge is -2.36. The molecule has 2 saturated carbocycles. The zero-order chi connectivity index (χ0) is 29.0. The van der Waals surface area contributed by atoms with E-state index in [-0.39, 0.29) is 23.9 Å². The molecule has 1 aromatic carbocycles. The maximum Gasteiger partial charge on any atom is 0.423 e. The number of carbonyl (C=O) groups excluding carboxylic acids is 1. The van der Waals surface area contributed by atoms with Gasteiger partial charge in [-0.2, -0.15) is 13.2 Å². The van der Waals surface area contributed by atoms with Crippen molar-refractivity contribution >= 4 is 23.1 Å². The summed E-state index contributed by atoms with van der Waals surface area (Å²) in [6.07, 6.45) is 5.85. The van der Waals surface area contributed by atoms with Crippen LogP contribution in [0.25, 0.3) is 0 Å². The zero-order valence-corrected chi connectivity index (χ0v) is 22.7. The van der Waals surface area contributed by atoms with Gasteiger partial charge >= 0.3 is 12.2 Å². The van der Waals surface area contributed by atoms with E-state index in [9.17, 15) is 28.1 Å². The number of pyridine rings is 1. The number of carbonyl (C=O) groups is 1. The van der Waals surface area contributed by atoms with Crippen LogP contribution in [0.3, 0.4) is 0 Å². The lowest BCUT2D eigenvalue weighted by molar-refractivity contribution is -0.388. The molecule has 0 unspecified atom stereocenters. The first-order valence-electron chi connectivity index (χ1n) is 14.2. The van der Waals surface area contributed by atoms with Gasteiger partial charge in [0.2, 0.25) is 0 Å². The Labute approximate surface area is 236 Å². The van der Waals surface area contributed by atoms with Crippen molar-refractivity contribution in [3.63, 3.8) is 0 Å². The molecule has 1 aliphatic heterocycles. The zero-order valence-electron chi connectivity index (χ0n) is 22.7. The summed E-state index contributed by atoms with van der Waals surface area (Å²) >= 11 is 0. The standard InChI is InChI=1S/C28H35F3N6O4/c29-28(30,31)25-15-21(7-10-26(25)37(39)40)33-20-5-8-23(9-6-20)41-24-16-22(17-32-18-24)35-11-13-36(14-12-35)27(38)34-19-3-1-2-4-19/h7,10,15-20,23,33H,1-6,8-9,11-14H2,(H,34,38)/t20-,23-. The molecule has 5 rings (SSSR count). The number of nitrogens with zero attached hydrogens (tertiary/aromatic N) is 4. The van der Waals surface area contributed by atoms with Gasteiger partial charge in [0.1, 0.15) is 11.3 Å². The highest BCUT2D eigenvalue weighted by Crippen LogP contribution is 2.38. The Kier molecular flexibility index (Phi) is 8.69. The number of rotatable bonds is 7. The molecule has 3 aliphatic rings. The predicted octanol–water partition coefficient (Wildman–Crippen LogP) is 5.58. The molecule has 2 heterocycles. The average Bonchev–Trinajstić information content (AvgIpc) is 3.47. The smallest absolute Gasteiger partial charge is 0.423 e. The van der Waals surface area contributed by atoms with Gasteiger partial charge in [0, 0.05) is 56.1 Å². The van der Waals surface area contributed by atoms with Gasteiger partial charge in [-0.3, -0.25) is 15.1 Å². The first-order chi connectivity index (χ1) is 19.7. The van der Waals surface area contributed by atoms with Gasteiger partial charge in [0.05, 0.1) is 29.1 Å². The summed E-state index contributed by atoms with van der Waals surface area (Å²) in [4.78, 5) is 31.0. The number of ether oxygens (including phenoxy) is 1. The Balaban J connectivity index is 1.09. The first kappa shape index (κ1) is 28.7. The molecule has 1 saturated heterocycles. The number of nitro groups is 1. The molecule has 0 atom stereocenters. The second-order valence-electron chi connectivity index (χ2n) is 11.0. The van der Waals surface area contributed by atoms with Gasteiger partial charge in [-0.15, -0.1) is 0 Å². The van der Waals surface area contributed by atoms with Crippen LogP contribution in [0.5, 0.6) is 5.75 Å². The molecule has 2 aromatic rings. The summed E-state index contributed by atoms with van der Waals surface area (Å²) in [5.74, 6) is 0.658. The van der Waals surface area contributed by atoms with Crippen molar-refractivity contribution in [2.24, 2.45) is 0 Å². The van der Waals surface area contributed by atoms with Crippen LogP contribution in [-0.2, 0) is 6.18 Å². The van der Waals surface area contributed by atoms with Gasteiger partial charge < -0.3 is 25.2 Å². The van der Waals surface area contributed by atoms with Crippen molar-refractivity contribution in [3.05, 3.63) is 52.3 Å². The van der Waals surface area contributed by atoms with Gasteiger partial charge in [-0.05, 0) is 50.7 Å². The van der Waals surface area contributed by atoms with Crippen LogP contribution in [0, 0.1) is 10.1 Å². The van der Waals surface area contributed by atoms with E-state index < -0.39 is 22.4 Å². The van der Waals surface area contributed by atoms with Gasteiger partial charge in [0.15, 0.2) is 0 Å². The summed E-state index contributed by atoms with van der Waals surface area (Å²) in [7, 11) is 0. The van der Waals surface area contributed by atoms with E-state index in [1.807, 2.05) is 11.0 Å². The molecule has 0 radical (unpaired) electrons. The van der Waals surface area contributed by atoms with E-state index in [2.05, 4.69) is 20.5 Å². The molecular formula is C28H35F3N6O4. The minimum absolute atomic E-state index is 0.0197. The number of piperazine rings is 1. The average molecular weight is 577 g/mol. The first-order valence-corrected chi connectivity index (χ1v) is 14.2. The molecule has 13 heteroatoms. The van der Waals surface area contributed by atoms with Gasteiger partial charge in [0.25, 0.3) is 5.69 Å². The number of halogens is 3. The van der Waals surface area contributed by atoms with Crippen molar-refractivity contribution < 1.29 is 27.6 Å². The Hall–Kier alpha value is -3.77. The molecule has 1 aromatic heterocycles. The topological polar surface area (TPSA) is 113 Å². The fourth-order valence-corrected chi connectivity index (χ4v) is 5.91. The van der Waals surface area contributed by atoms with Crippen molar-refractivity contribution in [3.8, 4) is 5.75 Å². The number of hydrogen-bond donors (Lipinski definition) is 2. The Morgan fingerprint density at radius 3 is 2.34 bits per heavy atom. The van der Waals surface area contributed by atoms with Crippen LogP contribution in [0.15, 0.2) is 36.7 Å². The van der Waals surface area contributed by atoms with Gasteiger partial charge in [-0.1, -0.05) is 12.8 Å². The predicted molar refractivity (Wildman–Crippen MR) is 147 cm³/mol. The Morgan fingerprint density at radius 1 is 0.976 bits per heavy atom. The second-order valence-corrected chi connectivity index (χ2v) is 11.0. The minimum atomic E-state index is -4.81. The van der Waals surface area contributed by atoms with E-state index in [4.69, 9.17) is 4.74 Å². The highest BCUT2D eigenvalue weighted by molar-refractivity contribution is 5.75. The number of benzene rings is 1. The normalized spacial score (nSPS) is 21.9. The quantitative estimate of drug-likeness (QED) is 0.327. The highest BCUT2D eigenvalue weighted by Gasteiger charge is 2.38. The van der Waals surface area contributed by atoms with Crippen LogP contribution in [-0.4, -0.2) is 65.2 Å². The molecule has 0 bridgehead atoms. The number of nitrogens with one attached hydrogen (secondary N) is 2. The number of hydrogen-bond acceptors (Lipinski definition) is 7. The van der Waals surface area contributed by atoms with Crippen molar-refractivity contribution in [2.75, 3.05) is 36.4 Å². The minimum Gasteiger partial charge on any atom is -0.489 e. The number of nitro benzene ring substituents is 1. The van der Waals surface area contributed by atoms with Crippen LogP contribution in [0.1, 0.15) is 56.9 Å². The fourth-order valence-electron chi connectivity index (χ4n) is 5.91. The number of anilines is 2. The van der Waals surface area contributed by atoms with Crippen molar-refractivity contribution in [1.29, 1.82) is 0 Å². The van der Waals surface area contributed by atoms with E-state index in [1.165, 1.54) is 18.9 Å². The highest BCUT2D eigenvalue weighted by atomic mass is 19.4. The summed E-state index contributed by atoms with van der Waals surface area (Å²) in [5, 5.41) is 17.3. The number of alkyl halides is 3. The molecule has 2 amide bonds. The summed E-state index contributed by atoms with van der Waals surface area (Å²) in [5.41, 5.74) is -1.07. The summed E-state index contributed by atoms with van der Waals surface area (Å²) in [6.45, 7) is 2.69. The van der Waals surface area contributed by atoms with Crippen LogP contribution in [0.4, 0.5) is 35.0 Å². The maximum atomic E-state index is 13.3. The molecule has 2 aliphatic carbocycles. The lowest BCUT2D eigenvalue weighted by Crippen LogP contribution is -2.53. The molecule has 41 heavy (non-hydrogen) atoms. The molecule has 10 nitrogen and oxygen atoms in total. The van der Waals surface area contributed by atoms with Crippen LogP contribution >= 0.6 is 0 Å². The number of urea groups is 1. The van der Waals surface area contributed by atoms with Crippen LogP contribution < -0.4 is 20.3 Å². The molecule has 3 fully saturated rings. The third kappa shape index (κ3) is 7.31. The molecule has 2 N–H and O–H groups in total. The maximum absolute atomic E-state index is 13.3. The van der Waals surface area contributed by atoms with E-state index in [1.54, 1.807) is 12.4 Å². The Bertz CT molecular complexity index is 1220. The van der Waals surface area contributed by atoms with Crippen molar-refractivity contribution in [1.82, 2.24) is 15.2 Å². The van der Waals surface area contributed by atoms with Crippen molar-refractivity contribution in [2.45, 2.75) is 75.7 Å². The van der Waals surface area contributed by atoms with E-state index in [0.717, 1.165) is 30.7 Å². The SMILES string of the molecule is O=C(NC1CCCC1)N1CCN(c2cncc(O[C@H]3CC[C@H](Nc4ccc([N+](=O)[O-])c(C(F)(F)F)c4)CC3)c2)CC1. The fraction of sp³-hybridized carbons (Fsp3) is 0.571. The third-order valence-electron chi connectivity index (χ3n) is 8.16. The largest absolute Gasteiger partial charge is 0.489 e. The van der Waals surface area contributed by atoms with E-state index >= 15 is 0 Å². The van der Waals surface area contributed by atoms with Crippen LogP contribution in [0.2, 0.25) is 0 Å².